The van der Waals surface area contributed by atoms with E-state index >= 15 is 0 Å². The summed E-state index contributed by atoms with van der Waals surface area (Å²) in [5.74, 6) is -0.529. The van der Waals surface area contributed by atoms with Gasteiger partial charge in [0.05, 0.1) is 9.82 Å². The molecule has 0 saturated carbocycles. The second-order valence-electron chi connectivity index (χ2n) is 5.95. The first-order valence-electron chi connectivity index (χ1n) is 7.35. The molecule has 25 heavy (non-hydrogen) atoms. The van der Waals surface area contributed by atoms with Crippen LogP contribution in [0.1, 0.15) is 21.5 Å². The van der Waals surface area contributed by atoms with E-state index in [0.29, 0.717) is 5.69 Å². The predicted octanol–water partition coefficient (Wildman–Crippen LogP) is 2.89. The third kappa shape index (κ3) is 4.21. The third-order valence-corrected chi connectivity index (χ3v) is 4.77. The molecule has 2 rings (SSSR count). The van der Waals surface area contributed by atoms with Crippen LogP contribution in [0.3, 0.4) is 0 Å². The molecule has 0 aliphatic heterocycles. The van der Waals surface area contributed by atoms with Crippen LogP contribution < -0.4 is 4.90 Å². The summed E-state index contributed by atoms with van der Waals surface area (Å²) in [4.78, 5) is 24.2. The van der Waals surface area contributed by atoms with E-state index < -0.39 is 26.4 Å². The number of hydrogen-bond acceptors (Lipinski definition) is 5. The van der Waals surface area contributed by atoms with E-state index in [1.54, 1.807) is 12.1 Å². The van der Waals surface area contributed by atoms with Crippen LogP contribution in [0.25, 0.3) is 0 Å². The van der Waals surface area contributed by atoms with Crippen molar-refractivity contribution in [2.75, 3.05) is 18.2 Å². The molecule has 0 aliphatic carbocycles. The molecule has 8 heteroatoms. The molecule has 0 aromatic heterocycles. The SMILES string of the molecule is Cc1cc(C)cc(N(C)C(=O)c2cc([N+](=O)[O-])cc(S(C)(=O)=O)c2)c1. The van der Waals surface area contributed by atoms with Crippen LogP contribution in [0.5, 0.6) is 0 Å². The summed E-state index contributed by atoms with van der Waals surface area (Å²) < 4.78 is 23.5. The minimum Gasteiger partial charge on any atom is -0.311 e. The Hall–Kier alpha value is -2.74. The lowest BCUT2D eigenvalue weighted by Gasteiger charge is -2.19. The standard InChI is InChI=1S/C17H18N2O5S/c1-11-5-12(2)7-14(6-11)18(3)17(20)13-8-15(19(21)22)10-16(9-13)25(4,23)24/h5-10H,1-4H3. The first-order chi connectivity index (χ1) is 11.5. The smallest absolute Gasteiger partial charge is 0.271 e. The molecule has 132 valence electrons. The van der Waals surface area contributed by atoms with Gasteiger partial charge in [-0.2, -0.15) is 0 Å². The van der Waals surface area contributed by atoms with Crippen molar-refractivity contribution in [3.8, 4) is 0 Å². The van der Waals surface area contributed by atoms with Crippen LogP contribution in [0.4, 0.5) is 11.4 Å². The largest absolute Gasteiger partial charge is 0.311 e. The molecule has 0 fully saturated rings. The number of anilines is 1. The van der Waals surface area contributed by atoms with Crippen molar-refractivity contribution in [2.45, 2.75) is 18.7 Å². The fourth-order valence-corrected chi connectivity index (χ4v) is 3.16. The number of carbonyl (C=O) groups excluding carboxylic acids is 1. The maximum absolute atomic E-state index is 12.7. The number of non-ortho nitro benzene ring substituents is 1. The van der Waals surface area contributed by atoms with Crippen molar-refractivity contribution in [1.29, 1.82) is 0 Å². The van der Waals surface area contributed by atoms with Gasteiger partial charge in [0.2, 0.25) is 0 Å². The van der Waals surface area contributed by atoms with E-state index in [0.717, 1.165) is 35.6 Å². The van der Waals surface area contributed by atoms with Gasteiger partial charge >= 0.3 is 0 Å². The number of aryl methyl sites for hydroxylation is 2. The van der Waals surface area contributed by atoms with E-state index in [2.05, 4.69) is 0 Å². The Morgan fingerprint density at radius 3 is 2.08 bits per heavy atom. The summed E-state index contributed by atoms with van der Waals surface area (Å²) in [5, 5.41) is 11.1. The van der Waals surface area contributed by atoms with Gasteiger partial charge in [0.1, 0.15) is 0 Å². The fourth-order valence-electron chi connectivity index (χ4n) is 2.48. The summed E-state index contributed by atoms with van der Waals surface area (Å²) in [6, 6.07) is 8.75. The van der Waals surface area contributed by atoms with Gasteiger partial charge < -0.3 is 4.90 Å². The molecule has 0 bridgehead atoms. The van der Waals surface area contributed by atoms with Crippen molar-refractivity contribution < 1.29 is 18.1 Å². The quantitative estimate of drug-likeness (QED) is 0.615. The van der Waals surface area contributed by atoms with Gasteiger partial charge in [0.25, 0.3) is 11.6 Å². The number of carbonyl (C=O) groups is 1. The number of nitrogens with zero attached hydrogens (tertiary/aromatic N) is 2. The average molecular weight is 362 g/mol. The van der Waals surface area contributed by atoms with E-state index in [4.69, 9.17) is 0 Å². The Morgan fingerprint density at radius 2 is 1.60 bits per heavy atom. The summed E-state index contributed by atoms with van der Waals surface area (Å²) in [5.41, 5.74) is 2.04. The maximum atomic E-state index is 12.7. The topological polar surface area (TPSA) is 97.6 Å². The highest BCUT2D eigenvalue weighted by Gasteiger charge is 2.21. The van der Waals surface area contributed by atoms with Gasteiger partial charge in [0, 0.05) is 36.7 Å². The highest BCUT2D eigenvalue weighted by Crippen LogP contribution is 2.24. The predicted molar refractivity (Wildman–Crippen MR) is 94.9 cm³/mol. The van der Waals surface area contributed by atoms with Crippen molar-refractivity contribution in [3.05, 3.63) is 63.2 Å². The molecule has 0 heterocycles. The number of sulfone groups is 1. The number of amides is 1. The lowest BCUT2D eigenvalue weighted by molar-refractivity contribution is -0.385. The van der Waals surface area contributed by atoms with Gasteiger partial charge in [-0.3, -0.25) is 14.9 Å². The Labute approximate surface area is 146 Å². The van der Waals surface area contributed by atoms with Crippen molar-refractivity contribution in [1.82, 2.24) is 0 Å². The van der Waals surface area contributed by atoms with Crippen LogP contribution in [-0.2, 0) is 9.84 Å². The van der Waals surface area contributed by atoms with Crippen LogP contribution in [0.2, 0.25) is 0 Å². The Kier molecular flexibility index (Phi) is 4.94. The number of nitro benzene ring substituents is 1. The zero-order valence-electron chi connectivity index (χ0n) is 14.3. The zero-order valence-corrected chi connectivity index (χ0v) is 15.1. The Morgan fingerprint density at radius 1 is 1.04 bits per heavy atom. The monoisotopic (exact) mass is 362 g/mol. The van der Waals surface area contributed by atoms with Gasteiger partial charge in [-0.1, -0.05) is 6.07 Å². The molecule has 1 amide bonds. The highest BCUT2D eigenvalue weighted by atomic mass is 32.2. The molecule has 2 aromatic rings. The van der Waals surface area contributed by atoms with Gasteiger partial charge in [-0.15, -0.1) is 0 Å². The fraction of sp³-hybridized carbons (Fsp3) is 0.235. The average Bonchev–Trinajstić information content (AvgIpc) is 2.51. The molecule has 0 N–H and O–H groups in total. The number of nitro groups is 1. The number of rotatable bonds is 4. The van der Waals surface area contributed by atoms with Crippen LogP contribution in [-0.4, -0.2) is 32.6 Å². The summed E-state index contributed by atoms with van der Waals surface area (Å²) >= 11 is 0. The second kappa shape index (κ2) is 6.64. The lowest BCUT2D eigenvalue weighted by Crippen LogP contribution is -2.26. The molecule has 0 spiro atoms. The van der Waals surface area contributed by atoms with Gasteiger partial charge in [0.15, 0.2) is 9.84 Å². The molecular weight excluding hydrogens is 344 g/mol. The summed E-state index contributed by atoms with van der Waals surface area (Å²) in [6.07, 6.45) is 0.938. The Balaban J connectivity index is 2.54. The summed E-state index contributed by atoms with van der Waals surface area (Å²) in [7, 11) is -2.16. The van der Waals surface area contributed by atoms with Crippen molar-refractivity contribution in [2.24, 2.45) is 0 Å². The van der Waals surface area contributed by atoms with E-state index in [1.807, 2.05) is 19.9 Å². The Bertz CT molecular complexity index is 947. The summed E-state index contributed by atoms with van der Waals surface area (Å²) in [6.45, 7) is 3.79. The normalized spacial score (nSPS) is 11.2. The zero-order chi connectivity index (χ0) is 18.9. The first-order valence-corrected chi connectivity index (χ1v) is 9.24. The third-order valence-electron chi connectivity index (χ3n) is 3.68. The lowest BCUT2D eigenvalue weighted by atomic mass is 10.1. The molecular formula is C17H18N2O5S. The maximum Gasteiger partial charge on any atom is 0.271 e. The van der Waals surface area contributed by atoms with E-state index in [9.17, 15) is 23.3 Å². The molecule has 2 aromatic carbocycles. The highest BCUT2D eigenvalue weighted by molar-refractivity contribution is 7.90. The first kappa shape index (κ1) is 18.6. The van der Waals surface area contributed by atoms with Crippen molar-refractivity contribution in [3.63, 3.8) is 0 Å². The van der Waals surface area contributed by atoms with Crippen molar-refractivity contribution >= 4 is 27.1 Å². The molecule has 0 aliphatic rings. The van der Waals surface area contributed by atoms with E-state index in [-0.39, 0.29) is 10.5 Å². The van der Waals surface area contributed by atoms with Gasteiger partial charge in [-0.05, 0) is 43.2 Å². The molecule has 0 saturated heterocycles. The number of benzene rings is 2. The molecule has 0 radical (unpaired) electrons. The molecule has 0 unspecified atom stereocenters. The van der Waals surface area contributed by atoms with Crippen LogP contribution >= 0.6 is 0 Å². The molecule has 0 atom stereocenters. The van der Waals surface area contributed by atoms with Crippen LogP contribution in [0.15, 0.2) is 41.3 Å². The minimum atomic E-state index is -3.69. The van der Waals surface area contributed by atoms with Gasteiger partial charge in [-0.25, -0.2) is 8.42 Å². The second-order valence-corrected chi connectivity index (χ2v) is 7.97. The number of hydrogen-bond donors (Lipinski definition) is 0. The molecule has 7 nitrogen and oxygen atoms in total. The van der Waals surface area contributed by atoms with Crippen LogP contribution in [0, 0.1) is 24.0 Å². The minimum absolute atomic E-state index is 0.0590. The van der Waals surface area contributed by atoms with E-state index in [1.165, 1.54) is 11.9 Å².